The molecule has 1 N–H and O–H groups in total. The molecule has 0 unspecified atom stereocenters. The van der Waals surface area contributed by atoms with E-state index in [1.54, 1.807) is 35.9 Å². The Bertz CT molecular complexity index is 642. The summed E-state index contributed by atoms with van der Waals surface area (Å²) < 4.78 is 6.69. The first-order valence-corrected chi connectivity index (χ1v) is 10.4. The second-order valence-electron chi connectivity index (χ2n) is 5.81. The Balaban J connectivity index is 2.54. The van der Waals surface area contributed by atoms with E-state index in [-0.39, 0.29) is 11.7 Å². The van der Waals surface area contributed by atoms with E-state index in [0.29, 0.717) is 12.3 Å². The third-order valence-electron chi connectivity index (χ3n) is 3.06. The molecule has 1 aromatic carbocycles. The van der Waals surface area contributed by atoms with Gasteiger partial charge in [-0.1, -0.05) is 19.6 Å². The summed E-state index contributed by atoms with van der Waals surface area (Å²) in [5.41, 5.74) is 1.14. The number of benzene rings is 1. The Kier molecular flexibility index (Phi) is 4.18. The largest absolute Gasteiger partial charge is 0.508 e. The minimum atomic E-state index is -1.65. The smallest absolute Gasteiger partial charge is 0.357 e. The molecular formula is C15H20N2O3Si. The summed E-state index contributed by atoms with van der Waals surface area (Å²) in [7, 11) is -1.65. The molecule has 1 aromatic heterocycles. The molecule has 5 nitrogen and oxygen atoms in total. The summed E-state index contributed by atoms with van der Waals surface area (Å²) in [6, 6.07) is 8.40. The van der Waals surface area contributed by atoms with Crippen LogP contribution in [-0.2, 0) is 4.74 Å². The van der Waals surface area contributed by atoms with E-state index in [0.717, 1.165) is 11.0 Å². The number of phenolic OH excluding ortho intramolecular Hbond substituents is 1. The quantitative estimate of drug-likeness (QED) is 0.695. The van der Waals surface area contributed by atoms with E-state index >= 15 is 0 Å². The summed E-state index contributed by atoms with van der Waals surface area (Å²) in [6.45, 7) is 8.61. The number of hydrogen-bond acceptors (Lipinski definition) is 4. The van der Waals surface area contributed by atoms with Crippen molar-refractivity contribution in [3.05, 3.63) is 36.0 Å². The van der Waals surface area contributed by atoms with Gasteiger partial charge in [0.2, 0.25) is 0 Å². The summed E-state index contributed by atoms with van der Waals surface area (Å²) >= 11 is 0. The van der Waals surface area contributed by atoms with Crippen molar-refractivity contribution in [2.45, 2.75) is 26.6 Å². The normalized spacial score (nSPS) is 11.4. The van der Waals surface area contributed by atoms with Gasteiger partial charge >= 0.3 is 5.97 Å². The van der Waals surface area contributed by atoms with E-state index < -0.39 is 8.07 Å². The molecule has 0 radical (unpaired) electrons. The lowest BCUT2D eigenvalue weighted by atomic mass is 10.3. The lowest BCUT2D eigenvalue weighted by Gasteiger charge is -2.11. The van der Waals surface area contributed by atoms with E-state index in [1.165, 1.54) is 0 Å². The first-order valence-electron chi connectivity index (χ1n) is 6.90. The predicted molar refractivity (Wildman–Crippen MR) is 84.2 cm³/mol. The molecular weight excluding hydrogens is 284 g/mol. The molecule has 0 saturated heterocycles. The lowest BCUT2D eigenvalue weighted by molar-refractivity contribution is 0.0516. The Morgan fingerprint density at radius 1 is 1.29 bits per heavy atom. The number of aromatic hydroxyl groups is 1. The molecule has 21 heavy (non-hydrogen) atoms. The van der Waals surface area contributed by atoms with Crippen LogP contribution in [0.15, 0.2) is 30.3 Å². The average Bonchev–Trinajstić information content (AvgIpc) is 2.85. The molecule has 0 fully saturated rings. The molecule has 0 aliphatic carbocycles. The van der Waals surface area contributed by atoms with Crippen molar-refractivity contribution in [1.82, 2.24) is 9.78 Å². The number of hydrogen-bond donors (Lipinski definition) is 1. The first kappa shape index (κ1) is 15.3. The molecule has 2 aromatic rings. The second kappa shape index (κ2) is 5.73. The molecule has 0 spiro atoms. The van der Waals surface area contributed by atoms with E-state index in [4.69, 9.17) is 4.74 Å². The standard InChI is InChI=1S/C15H20N2O3Si/c1-5-20-15(19)13-10-14(21(2,3)4)16-17(13)11-6-8-12(18)9-7-11/h6-10,18H,5H2,1-4H3. The van der Waals surface area contributed by atoms with Gasteiger partial charge in [-0.3, -0.25) is 0 Å². The van der Waals surface area contributed by atoms with Gasteiger partial charge < -0.3 is 9.84 Å². The minimum Gasteiger partial charge on any atom is -0.508 e. The number of carbonyl (C=O) groups is 1. The summed E-state index contributed by atoms with van der Waals surface area (Å²) in [5.74, 6) is -0.211. The molecule has 0 aliphatic rings. The Hall–Kier alpha value is -2.08. The van der Waals surface area contributed by atoms with Crippen LogP contribution >= 0.6 is 0 Å². The zero-order chi connectivity index (χ0) is 15.6. The highest BCUT2D eigenvalue weighted by atomic mass is 28.3. The first-order chi connectivity index (χ1) is 9.82. The highest BCUT2D eigenvalue weighted by molar-refractivity contribution is 6.88. The number of ether oxygens (including phenoxy) is 1. The highest BCUT2D eigenvalue weighted by Gasteiger charge is 2.25. The molecule has 112 valence electrons. The SMILES string of the molecule is CCOC(=O)c1cc([Si](C)(C)C)nn1-c1ccc(O)cc1. The molecule has 0 aliphatic heterocycles. The van der Waals surface area contributed by atoms with Crippen molar-refractivity contribution in [2.24, 2.45) is 0 Å². The summed E-state index contributed by atoms with van der Waals surface area (Å²) in [6.07, 6.45) is 0. The van der Waals surface area contributed by atoms with Gasteiger partial charge in [0.1, 0.15) is 13.8 Å². The summed E-state index contributed by atoms with van der Waals surface area (Å²) in [5, 5.41) is 14.9. The molecule has 0 atom stereocenters. The monoisotopic (exact) mass is 304 g/mol. The number of esters is 1. The number of carbonyl (C=O) groups excluding carboxylic acids is 1. The lowest BCUT2D eigenvalue weighted by Crippen LogP contribution is -2.39. The maximum absolute atomic E-state index is 12.1. The van der Waals surface area contributed by atoms with E-state index in [2.05, 4.69) is 24.7 Å². The van der Waals surface area contributed by atoms with Gasteiger partial charge in [-0.15, -0.1) is 0 Å². The molecule has 0 amide bonds. The Labute approximate surface area is 125 Å². The number of rotatable bonds is 4. The van der Waals surface area contributed by atoms with Crippen LogP contribution in [0.5, 0.6) is 5.75 Å². The maximum atomic E-state index is 12.1. The highest BCUT2D eigenvalue weighted by Crippen LogP contribution is 2.16. The fourth-order valence-corrected chi connectivity index (χ4v) is 2.86. The van der Waals surface area contributed by atoms with Crippen molar-refractivity contribution in [3.63, 3.8) is 0 Å². The van der Waals surface area contributed by atoms with E-state index in [1.807, 2.05) is 6.07 Å². The minimum absolute atomic E-state index is 0.175. The fraction of sp³-hybridized carbons (Fsp3) is 0.333. The molecule has 1 heterocycles. The molecule has 0 bridgehead atoms. The van der Waals surface area contributed by atoms with Crippen LogP contribution in [0.4, 0.5) is 0 Å². The maximum Gasteiger partial charge on any atom is 0.357 e. The van der Waals surface area contributed by atoms with Gasteiger partial charge in [0.05, 0.1) is 12.3 Å². The van der Waals surface area contributed by atoms with Crippen molar-refractivity contribution in [3.8, 4) is 11.4 Å². The topological polar surface area (TPSA) is 64.3 Å². The average molecular weight is 304 g/mol. The zero-order valence-corrected chi connectivity index (χ0v) is 13.8. The molecule has 0 saturated carbocycles. The van der Waals surface area contributed by atoms with Gasteiger partial charge in [0, 0.05) is 5.32 Å². The van der Waals surface area contributed by atoms with Crippen molar-refractivity contribution < 1.29 is 14.6 Å². The van der Waals surface area contributed by atoms with Gasteiger partial charge in [0.25, 0.3) is 0 Å². The number of aromatic nitrogens is 2. The van der Waals surface area contributed by atoms with Crippen LogP contribution in [0.3, 0.4) is 0 Å². The van der Waals surface area contributed by atoms with Crippen molar-refractivity contribution >= 4 is 19.4 Å². The fourth-order valence-electron chi connectivity index (χ4n) is 1.89. The third kappa shape index (κ3) is 3.33. The number of phenols is 1. The van der Waals surface area contributed by atoms with Crippen molar-refractivity contribution in [2.75, 3.05) is 6.61 Å². The van der Waals surface area contributed by atoms with Gasteiger partial charge in [-0.25, -0.2) is 9.48 Å². The van der Waals surface area contributed by atoms with Crippen molar-refractivity contribution in [1.29, 1.82) is 0 Å². The van der Waals surface area contributed by atoms with Gasteiger partial charge in [-0.2, -0.15) is 5.10 Å². The Morgan fingerprint density at radius 3 is 2.43 bits per heavy atom. The van der Waals surface area contributed by atoms with Crippen LogP contribution in [0.25, 0.3) is 5.69 Å². The Morgan fingerprint density at radius 2 is 1.90 bits per heavy atom. The third-order valence-corrected chi connectivity index (χ3v) is 4.84. The summed E-state index contributed by atoms with van der Waals surface area (Å²) in [4.78, 5) is 12.1. The number of nitrogens with zero attached hydrogens (tertiary/aromatic N) is 2. The van der Waals surface area contributed by atoms with Crippen LogP contribution in [0.2, 0.25) is 19.6 Å². The van der Waals surface area contributed by atoms with Gasteiger partial charge in [-0.05, 0) is 37.3 Å². The van der Waals surface area contributed by atoms with Crippen LogP contribution < -0.4 is 5.32 Å². The van der Waals surface area contributed by atoms with Crippen LogP contribution in [-0.4, -0.2) is 35.5 Å². The van der Waals surface area contributed by atoms with Crippen LogP contribution in [0.1, 0.15) is 17.4 Å². The van der Waals surface area contributed by atoms with Crippen LogP contribution in [0, 0.1) is 0 Å². The molecule has 2 rings (SSSR count). The molecule has 6 heteroatoms. The second-order valence-corrected chi connectivity index (χ2v) is 10.8. The zero-order valence-electron chi connectivity index (χ0n) is 12.8. The van der Waals surface area contributed by atoms with E-state index in [9.17, 15) is 9.90 Å². The predicted octanol–water partition coefficient (Wildman–Crippen LogP) is 2.30. The van der Waals surface area contributed by atoms with Gasteiger partial charge in [0.15, 0.2) is 5.69 Å².